The Morgan fingerprint density at radius 1 is 1.00 bits per heavy atom. The van der Waals surface area contributed by atoms with E-state index < -0.39 is 0 Å². The average Bonchev–Trinajstić information content (AvgIpc) is 2.55. The van der Waals surface area contributed by atoms with Gasteiger partial charge in [0.05, 0.1) is 7.11 Å². The Labute approximate surface area is 135 Å². The largest absolute Gasteiger partial charge is 0.497 e. The van der Waals surface area contributed by atoms with E-state index >= 15 is 0 Å². The Balaban J connectivity index is 1.68. The molecule has 116 valence electrons. The van der Waals surface area contributed by atoms with E-state index in [0.717, 1.165) is 23.3 Å². The number of ether oxygens (including phenoxy) is 1. The van der Waals surface area contributed by atoms with Gasteiger partial charge in [0.1, 0.15) is 11.6 Å². The number of thiocarbonyl (C=S) groups is 1. The highest BCUT2D eigenvalue weighted by Gasteiger charge is 1.99. The van der Waals surface area contributed by atoms with Gasteiger partial charge in [-0.15, -0.1) is 0 Å². The highest BCUT2D eigenvalue weighted by Crippen LogP contribution is 2.10. The van der Waals surface area contributed by atoms with Crippen LogP contribution in [0.15, 0.2) is 48.5 Å². The fourth-order valence-corrected chi connectivity index (χ4v) is 2.13. The fourth-order valence-electron chi connectivity index (χ4n) is 1.96. The third kappa shape index (κ3) is 5.33. The van der Waals surface area contributed by atoms with Gasteiger partial charge in [0.25, 0.3) is 0 Å². The van der Waals surface area contributed by atoms with Crippen molar-refractivity contribution in [2.45, 2.75) is 13.0 Å². The smallest absolute Gasteiger partial charge is 0.166 e. The van der Waals surface area contributed by atoms with Crippen LogP contribution >= 0.6 is 12.2 Å². The van der Waals surface area contributed by atoms with E-state index in [1.165, 1.54) is 12.1 Å². The lowest BCUT2D eigenvalue weighted by atomic mass is 10.1. The van der Waals surface area contributed by atoms with Crippen LogP contribution in [0.3, 0.4) is 0 Å². The van der Waals surface area contributed by atoms with Gasteiger partial charge in [-0.3, -0.25) is 0 Å². The molecule has 0 aliphatic rings. The molecule has 0 radical (unpaired) electrons. The molecule has 0 unspecified atom stereocenters. The first-order valence-corrected chi connectivity index (χ1v) is 7.47. The van der Waals surface area contributed by atoms with Gasteiger partial charge in [0.15, 0.2) is 5.11 Å². The summed E-state index contributed by atoms with van der Waals surface area (Å²) in [5.41, 5.74) is 2.20. The molecule has 0 spiro atoms. The number of nitrogens with one attached hydrogen (secondary N) is 2. The summed E-state index contributed by atoms with van der Waals surface area (Å²) in [7, 11) is 1.65. The van der Waals surface area contributed by atoms with Gasteiger partial charge in [-0.2, -0.15) is 0 Å². The normalized spacial score (nSPS) is 10.1. The molecule has 0 fully saturated rings. The maximum atomic E-state index is 12.8. The molecular weight excluding hydrogens is 299 g/mol. The minimum Gasteiger partial charge on any atom is -0.497 e. The summed E-state index contributed by atoms with van der Waals surface area (Å²) in [5, 5.41) is 6.90. The molecular formula is C17H19FN2OS. The van der Waals surface area contributed by atoms with Crippen molar-refractivity contribution in [3.8, 4) is 5.75 Å². The van der Waals surface area contributed by atoms with Crippen molar-refractivity contribution in [1.82, 2.24) is 10.6 Å². The standard InChI is InChI=1S/C17H19FN2OS/c1-21-16-8-4-14(5-9-16)12-20-17(22)19-11-10-13-2-6-15(18)7-3-13/h2-9H,10-12H2,1H3,(H2,19,20,22). The van der Waals surface area contributed by atoms with Gasteiger partial charge in [-0.05, 0) is 54.0 Å². The van der Waals surface area contributed by atoms with E-state index in [-0.39, 0.29) is 5.82 Å². The fraction of sp³-hybridized carbons (Fsp3) is 0.235. The van der Waals surface area contributed by atoms with Crippen molar-refractivity contribution in [1.29, 1.82) is 0 Å². The number of methoxy groups -OCH3 is 1. The van der Waals surface area contributed by atoms with Crippen molar-refractivity contribution in [2.24, 2.45) is 0 Å². The summed E-state index contributed by atoms with van der Waals surface area (Å²) in [5.74, 6) is 0.622. The van der Waals surface area contributed by atoms with Crippen LogP contribution in [0, 0.1) is 5.82 Å². The number of rotatable bonds is 6. The summed E-state index contributed by atoms with van der Waals surface area (Å²) in [6.07, 6.45) is 0.796. The van der Waals surface area contributed by atoms with Crippen LogP contribution in [0.25, 0.3) is 0 Å². The molecule has 3 nitrogen and oxygen atoms in total. The molecule has 0 heterocycles. The minimum absolute atomic E-state index is 0.214. The summed E-state index contributed by atoms with van der Waals surface area (Å²) >= 11 is 5.23. The summed E-state index contributed by atoms with van der Waals surface area (Å²) in [4.78, 5) is 0. The SMILES string of the molecule is COc1ccc(CNC(=S)NCCc2ccc(F)cc2)cc1. The predicted molar refractivity (Wildman–Crippen MR) is 90.5 cm³/mol. The molecule has 22 heavy (non-hydrogen) atoms. The van der Waals surface area contributed by atoms with Gasteiger partial charge < -0.3 is 15.4 Å². The van der Waals surface area contributed by atoms with Gasteiger partial charge in [0, 0.05) is 13.1 Å². The molecule has 0 aliphatic carbocycles. The third-order valence-electron chi connectivity index (χ3n) is 3.22. The summed E-state index contributed by atoms with van der Waals surface area (Å²) < 4.78 is 17.9. The first kappa shape index (κ1) is 16.2. The molecule has 0 bridgehead atoms. The highest BCUT2D eigenvalue weighted by atomic mass is 32.1. The maximum absolute atomic E-state index is 12.8. The van der Waals surface area contributed by atoms with Crippen LogP contribution in [0.5, 0.6) is 5.75 Å². The Morgan fingerprint density at radius 2 is 1.64 bits per heavy atom. The zero-order chi connectivity index (χ0) is 15.8. The van der Waals surface area contributed by atoms with E-state index in [1.54, 1.807) is 19.2 Å². The van der Waals surface area contributed by atoms with Crippen molar-refractivity contribution in [3.63, 3.8) is 0 Å². The molecule has 2 N–H and O–H groups in total. The van der Waals surface area contributed by atoms with Gasteiger partial charge in [-0.25, -0.2) is 4.39 Å². The van der Waals surface area contributed by atoms with Crippen LogP contribution in [0.2, 0.25) is 0 Å². The minimum atomic E-state index is -0.214. The van der Waals surface area contributed by atoms with Gasteiger partial charge in [0.2, 0.25) is 0 Å². The van der Waals surface area contributed by atoms with Gasteiger partial charge in [-0.1, -0.05) is 24.3 Å². The Hall–Kier alpha value is -2.14. The number of halogens is 1. The second-order valence-electron chi connectivity index (χ2n) is 4.83. The van der Waals surface area contributed by atoms with E-state index in [1.807, 2.05) is 24.3 Å². The lowest BCUT2D eigenvalue weighted by molar-refractivity contribution is 0.414. The molecule has 2 aromatic carbocycles. The van der Waals surface area contributed by atoms with Crippen molar-refractivity contribution >= 4 is 17.3 Å². The second kappa shape index (κ2) is 8.34. The van der Waals surface area contributed by atoms with E-state index in [0.29, 0.717) is 18.2 Å². The van der Waals surface area contributed by atoms with E-state index in [4.69, 9.17) is 17.0 Å². The quantitative estimate of drug-likeness (QED) is 0.802. The summed E-state index contributed by atoms with van der Waals surface area (Å²) in [6.45, 7) is 1.37. The molecule has 2 aromatic rings. The summed E-state index contributed by atoms with van der Waals surface area (Å²) in [6, 6.07) is 14.3. The number of hydrogen-bond acceptors (Lipinski definition) is 2. The molecule has 0 aliphatic heterocycles. The third-order valence-corrected chi connectivity index (χ3v) is 3.51. The van der Waals surface area contributed by atoms with Crippen LogP contribution < -0.4 is 15.4 Å². The molecule has 0 saturated carbocycles. The Morgan fingerprint density at radius 3 is 2.27 bits per heavy atom. The predicted octanol–water partition coefficient (Wildman–Crippen LogP) is 3.04. The topological polar surface area (TPSA) is 33.3 Å². The van der Waals surface area contributed by atoms with Crippen LogP contribution in [0.4, 0.5) is 4.39 Å². The monoisotopic (exact) mass is 318 g/mol. The van der Waals surface area contributed by atoms with E-state index in [9.17, 15) is 4.39 Å². The maximum Gasteiger partial charge on any atom is 0.166 e. The van der Waals surface area contributed by atoms with Crippen LogP contribution in [0.1, 0.15) is 11.1 Å². The first-order chi connectivity index (χ1) is 10.7. The molecule has 0 amide bonds. The van der Waals surface area contributed by atoms with Gasteiger partial charge >= 0.3 is 0 Å². The number of benzene rings is 2. The Kier molecular flexibility index (Phi) is 6.15. The molecule has 0 atom stereocenters. The molecule has 0 aromatic heterocycles. The highest BCUT2D eigenvalue weighted by molar-refractivity contribution is 7.80. The Bertz CT molecular complexity index is 599. The zero-order valence-corrected chi connectivity index (χ0v) is 13.3. The zero-order valence-electron chi connectivity index (χ0n) is 12.4. The van der Waals surface area contributed by atoms with E-state index in [2.05, 4.69) is 10.6 Å². The van der Waals surface area contributed by atoms with Crippen molar-refractivity contribution in [3.05, 3.63) is 65.5 Å². The van der Waals surface area contributed by atoms with Crippen LogP contribution in [-0.2, 0) is 13.0 Å². The first-order valence-electron chi connectivity index (χ1n) is 7.06. The van der Waals surface area contributed by atoms with Crippen LogP contribution in [-0.4, -0.2) is 18.8 Å². The lowest BCUT2D eigenvalue weighted by Gasteiger charge is -2.11. The average molecular weight is 318 g/mol. The molecule has 2 rings (SSSR count). The second-order valence-corrected chi connectivity index (χ2v) is 5.24. The number of hydrogen-bond donors (Lipinski definition) is 2. The molecule has 5 heteroatoms. The molecule has 0 saturated heterocycles. The lowest BCUT2D eigenvalue weighted by Crippen LogP contribution is -2.35. The van der Waals surface area contributed by atoms with Crippen molar-refractivity contribution in [2.75, 3.05) is 13.7 Å². The van der Waals surface area contributed by atoms with Crippen molar-refractivity contribution < 1.29 is 9.13 Å².